The number of methoxy groups -OCH3 is 2. The Morgan fingerprint density at radius 3 is 1.08 bits per heavy atom. The average molecular weight is 1480 g/mol. The summed E-state index contributed by atoms with van der Waals surface area (Å²) in [5.74, 6) is -1.30. The molecule has 0 spiro atoms. The number of carbonyl (C=O) groups is 3. The third kappa shape index (κ3) is 22.2. The molecular formula is C83H107N2O20P. The van der Waals surface area contributed by atoms with Crippen molar-refractivity contribution in [2.45, 2.75) is 142 Å². The van der Waals surface area contributed by atoms with Gasteiger partial charge in [-0.25, -0.2) is 25.6 Å². The number of hydrogen-bond donors (Lipinski definition) is 0. The molecule has 3 saturated heterocycles. The van der Waals surface area contributed by atoms with Crippen molar-refractivity contribution in [2.24, 2.45) is 35.5 Å². The predicted molar refractivity (Wildman–Crippen MR) is 399 cm³/mol. The summed E-state index contributed by atoms with van der Waals surface area (Å²) in [7, 11) is 1.83. The molecule has 3 aliphatic rings. The molecule has 9 rings (SSSR count). The van der Waals surface area contributed by atoms with Gasteiger partial charge in [0, 0.05) is 29.8 Å². The third-order valence-corrected chi connectivity index (χ3v) is 22.2. The number of carbonyl (C=O) groups excluding carboxylic acids is 3. The summed E-state index contributed by atoms with van der Waals surface area (Å²) in [6, 6.07) is 52.3. The Balaban J connectivity index is 0.831. The molecule has 3 fully saturated rings. The predicted octanol–water partition coefficient (Wildman–Crippen LogP) is 14.1. The Morgan fingerprint density at radius 2 is 0.745 bits per heavy atom. The minimum atomic E-state index is -1.43. The summed E-state index contributed by atoms with van der Waals surface area (Å²) in [4.78, 5) is 44.7. The van der Waals surface area contributed by atoms with Gasteiger partial charge in [0.05, 0.1) is 122 Å². The van der Waals surface area contributed by atoms with Crippen molar-refractivity contribution in [3.63, 3.8) is 0 Å². The molecule has 0 amide bonds. The lowest BCUT2D eigenvalue weighted by Crippen LogP contribution is -2.54. The van der Waals surface area contributed by atoms with Crippen LogP contribution in [0.5, 0.6) is 11.5 Å². The Hall–Kier alpha value is -7.27. The zero-order chi connectivity index (χ0) is 75.5. The molecule has 6 aromatic carbocycles. The van der Waals surface area contributed by atoms with E-state index in [1.165, 1.54) is 0 Å². The fraction of sp³-hybridized carbons (Fsp3) is 0.518. The van der Waals surface area contributed by atoms with Crippen molar-refractivity contribution in [1.29, 1.82) is 0 Å². The van der Waals surface area contributed by atoms with Crippen LogP contribution in [0.15, 0.2) is 170 Å². The highest BCUT2D eigenvalue weighted by molar-refractivity contribution is 7.44. The van der Waals surface area contributed by atoms with E-state index in [-0.39, 0.29) is 133 Å². The first-order valence-corrected chi connectivity index (χ1v) is 38.0. The fourth-order valence-corrected chi connectivity index (χ4v) is 15.1. The van der Waals surface area contributed by atoms with Gasteiger partial charge in [0.1, 0.15) is 23.7 Å². The first-order valence-electron chi connectivity index (χ1n) is 36.9. The van der Waals surface area contributed by atoms with Gasteiger partial charge in [-0.05, 0) is 123 Å². The highest BCUT2D eigenvalue weighted by Gasteiger charge is 2.48. The van der Waals surface area contributed by atoms with Crippen molar-refractivity contribution in [3.05, 3.63) is 215 Å². The van der Waals surface area contributed by atoms with Crippen LogP contribution in [0.4, 0.5) is 0 Å². The standard InChI is InChI=1S/C83H107N2O20P/c1-55(2)85(56(3)4)106(98-43-42-84-11)99-51-46-93-54-73-59(7)61(9)75(104-78(87)64-28-20-15-21-29-64)81(101-73)95-48-44-91-52-71-57(5)60(8)74(103-77(86)63-26-18-14-19-27-63)80(100-71)94-47-45-92-53-72-58(6)62(10)76(105-79(88)65-30-22-16-23-31-65)82(102-72)96-49-50-97-83(66-32-24-17-25-33-66,67-34-38-69(89-12)39-35-67)68-36-40-70(90-13)41-37-68/h14-41,55-62,71-76,80-82H,42-54H2,1-10,12-13H3. The highest BCUT2D eigenvalue weighted by Crippen LogP contribution is 2.47. The molecule has 22 nitrogen and oxygen atoms in total. The van der Waals surface area contributed by atoms with E-state index in [0.717, 1.165) is 16.7 Å². The quantitative estimate of drug-likeness (QED) is 0.00872. The molecule has 0 saturated carbocycles. The summed E-state index contributed by atoms with van der Waals surface area (Å²) >= 11 is 0. The van der Waals surface area contributed by atoms with Gasteiger partial charge >= 0.3 is 17.9 Å². The molecule has 3 heterocycles. The molecule has 16 atom stereocenters. The second kappa shape index (κ2) is 41.9. The van der Waals surface area contributed by atoms with Crippen LogP contribution >= 0.6 is 8.53 Å². The van der Waals surface area contributed by atoms with Crippen molar-refractivity contribution < 1.29 is 94.5 Å². The van der Waals surface area contributed by atoms with Crippen LogP contribution in [0.2, 0.25) is 0 Å². The summed E-state index contributed by atoms with van der Waals surface area (Å²) in [6.07, 6.45) is -6.84. The molecule has 106 heavy (non-hydrogen) atoms. The van der Waals surface area contributed by atoms with Gasteiger partial charge in [-0.2, -0.15) is 0 Å². The molecular weight excluding hydrogens is 1380 g/mol. The summed E-state index contributed by atoms with van der Waals surface area (Å²) in [6.45, 7) is 29.7. The number of rotatable bonds is 40. The van der Waals surface area contributed by atoms with Gasteiger partial charge in [0.25, 0.3) is 8.53 Å². The number of hydrogen-bond acceptors (Lipinski definition) is 21. The molecule has 3 aliphatic heterocycles. The minimum Gasteiger partial charge on any atom is -0.497 e. The Morgan fingerprint density at radius 1 is 0.425 bits per heavy atom. The Kier molecular flexibility index (Phi) is 32.7. The number of ether oxygens (including phenoxy) is 15. The van der Waals surface area contributed by atoms with Gasteiger partial charge in [-0.3, -0.25) is 0 Å². The van der Waals surface area contributed by atoms with Crippen LogP contribution in [0.1, 0.15) is 117 Å². The van der Waals surface area contributed by atoms with E-state index in [2.05, 4.69) is 37.2 Å². The lowest BCUT2D eigenvalue weighted by molar-refractivity contribution is -0.288. The highest BCUT2D eigenvalue weighted by atomic mass is 31.2. The van der Waals surface area contributed by atoms with E-state index >= 15 is 0 Å². The van der Waals surface area contributed by atoms with Crippen LogP contribution in [-0.2, 0) is 76.2 Å². The summed E-state index contributed by atoms with van der Waals surface area (Å²) in [5, 5.41) is 0. The van der Waals surface area contributed by atoms with Crippen molar-refractivity contribution >= 4 is 26.4 Å². The van der Waals surface area contributed by atoms with Crippen LogP contribution in [0.3, 0.4) is 0 Å². The number of nitrogens with zero attached hydrogens (tertiary/aromatic N) is 2. The minimum absolute atomic E-state index is 0.0442. The molecule has 0 aliphatic carbocycles. The van der Waals surface area contributed by atoms with Crippen LogP contribution in [-0.4, -0.2) is 190 Å². The molecule has 0 radical (unpaired) electrons. The maximum Gasteiger partial charge on any atom is 0.338 e. The molecule has 16 unspecified atom stereocenters. The smallest absolute Gasteiger partial charge is 0.338 e. The van der Waals surface area contributed by atoms with Crippen LogP contribution in [0.25, 0.3) is 4.85 Å². The maximum absolute atomic E-state index is 13.8. The lowest BCUT2D eigenvalue weighted by Gasteiger charge is -2.44. The monoisotopic (exact) mass is 1480 g/mol. The maximum atomic E-state index is 13.8. The van der Waals surface area contributed by atoms with E-state index in [4.69, 9.17) is 86.7 Å². The van der Waals surface area contributed by atoms with E-state index < -0.39 is 87.5 Å². The Labute approximate surface area is 626 Å². The number of benzene rings is 6. The Bertz CT molecular complexity index is 3540. The zero-order valence-corrected chi connectivity index (χ0v) is 64.1. The third-order valence-electron chi connectivity index (χ3n) is 20.1. The van der Waals surface area contributed by atoms with Gasteiger partial charge in [0.15, 0.2) is 37.2 Å². The number of esters is 3. The van der Waals surface area contributed by atoms with Crippen molar-refractivity contribution in [3.8, 4) is 11.5 Å². The van der Waals surface area contributed by atoms with Gasteiger partial charge < -0.3 is 84.9 Å². The first-order chi connectivity index (χ1) is 51.4. The largest absolute Gasteiger partial charge is 0.497 e. The summed E-state index contributed by atoms with van der Waals surface area (Å²) in [5.41, 5.74) is 2.66. The second-order valence-electron chi connectivity index (χ2n) is 27.5. The van der Waals surface area contributed by atoms with E-state index in [9.17, 15) is 14.4 Å². The van der Waals surface area contributed by atoms with Crippen LogP contribution in [0, 0.1) is 42.1 Å². The van der Waals surface area contributed by atoms with Crippen molar-refractivity contribution in [2.75, 3.05) is 100 Å². The van der Waals surface area contributed by atoms with Gasteiger partial charge in [-0.1, -0.05) is 151 Å². The summed E-state index contributed by atoms with van der Waals surface area (Å²) < 4.78 is 110. The lowest BCUT2D eigenvalue weighted by atomic mass is 9.80. The molecule has 0 aromatic heterocycles. The molecule has 6 aromatic rings. The molecule has 574 valence electrons. The van der Waals surface area contributed by atoms with Gasteiger partial charge in [-0.15, -0.1) is 0 Å². The SMILES string of the molecule is [C-]#[N+]CCOP(OCCOCC1OC(OCCOCC2OC(OCCOCC3OC(OCCOC(c4ccccc4)(c4ccc(OC)cc4)c4ccc(OC)cc4)C(OC(=O)c4ccccc4)C(C)C3C)C(OC(=O)c3ccccc3)C(C)C2C)C(OC(=O)c2ccccc2)C(C)C1C)N(C(C)C)C(C)C. The topological polar surface area (TPSA) is 216 Å². The van der Waals surface area contributed by atoms with E-state index in [1.807, 2.05) is 139 Å². The van der Waals surface area contributed by atoms with Gasteiger partial charge in [0.2, 0.25) is 6.54 Å². The zero-order valence-electron chi connectivity index (χ0n) is 63.2. The van der Waals surface area contributed by atoms with E-state index in [0.29, 0.717) is 28.2 Å². The van der Waals surface area contributed by atoms with Crippen molar-refractivity contribution in [1.82, 2.24) is 4.67 Å². The van der Waals surface area contributed by atoms with E-state index in [1.54, 1.807) is 87.0 Å². The molecule has 23 heteroatoms. The first kappa shape index (κ1) is 82.8. The normalized spacial score (nSPS) is 25.0. The average Bonchev–Trinajstić information content (AvgIpc) is 0.757. The second-order valence-corrected chi connectivity index (χ2v) is 29.0. The molecule has 0 bridgehead atoms. The molecule has 0 N–H and O–H groups in total. The van der Waals surface area contributed by atoms with Crippen LogP contribution < -0.4 is 9.47 Å². The fourth-order valence-electron chi connectivity index (χ4n) is 13.5.